The predicted octanol–water partition coefficient (Wildman–Crippen LogP) is 1.88. The van der Waals surface area contributed by atoms with Crippen molar-refractivity contribution in [1.29, 1.82) is 0 Å². The van der Waals surface area contributed by atoms with Crippen molar-refractivity contribution in [2.24, 2.45) is 40.4 Å². The Kier molecular flexibility index (Phi) is 3.94. The summed E-state index contributed by atoms with van der Waals surface area (Å²) in [6.45, 7) is 3.39. The lowest BCUT2D eigenvalue weighted by molar-refractivity contribution is -0.217. The van der Waals surface area contributed by atoms with Crippen molar-refractivity contribution < 1.29 is 24.9 Å². The summed E-state index contributed by atoms with van der Waals surface area (Å²) >= 11 is 0. The molecule has 150 valence electrons. The highest BCUT2D eigenvalue weighted by molar-refractivity contribution is 5.93. The molecule has 0 aromatic heterocycles. The number of aliphatic hydroxyl groups excluding tert-OH is 2. The summed E-state index contributed by atoms with van der Waals surface area (Å²) in [6, 6.07) is 0. The standard InChI is InChI=1S/C21H28O5.CH4/c1-19-8-16(24)18-12-4-3-10-5-11(23)6-14(20(10,18)2)15(7-13(12)19)21(19,26)17(25)9-22;/h5,12-16,18,22,24,26H,3-4,6-9H2,1-2H3;1H4/t12-,13-,14?,15?,16-,18+,19-,20+,21-;/m0./s1. The fraction of sp³-hybridized carbons (Fsp3) is 0.818. The van der Waals surface area contributed by atoms with Gasteiger partial charge in [-0.2, -0.15) is 0 Å². The van der Waals surface area contributed by atoms with Crippen LogP contribution in [0.1, 0.15) is 53.4 Å². The highest BCUT2D eigenvalue weighted by Crippen LogP contribution is 2.75. The molecule has 0 saturated heterocycles. The number of hydrogen-bond acceptors (Lipinski definition) is 5. The lowest BCUT2D eigenvalue weighted by atomic mass is 9.40. The van der Waals surface area contributed by atoms with Crippen molar-refractivity contribution in [2.75, 3.05) is 6.61 Å². The van der Waals surface area contributed by atoms with E-state index in [9.17, 15) is 24.9 Å². The average Bonchev–Trinajstić information content (AvgIpc) is 2.77. The van der Waals surface area contributed by atoms with E-state index >= 15 is 0 Å². The highest BCUT2D eigenvalue weighted by atomic mass is 16.3. The first-order valence-corrected chi connectivity index (χ1v) is 9.98. The van der Waals surface area contributed by atoms with E-state index in [1.165, 1.54) is 0 Å². The number of Topliss-reactive ketones (excluding diaryl/α,β-unsaturated/α-hetero) is 1. The van der Waals surface area contributed by atoms with Gasteiger partial charge in [0.05, 0.1) is 6.10 Å². The quantitative estimate of drug-likeness (QED) is 0.684. The van der Waals surface area contributed by atoms with E-state index in [-0.39, 0.29) is 48.2 Å². The van der Waals surface area contributed by atoms with Crippen molar-refractivity contribution in [2.45, 2.75) is 65.1 Å². The van der Waals surface area contributed by atoms with E-state index in [2.05, 4.69) is 6.92 Å². The average molecular weight is 376 g/mol. The molecule has 5 nitrogen and oxygen atoms in total. The Morgan fingerprint density at radius 1 is 1.26 bits per heavy atom. The van der Waals surface area contributed by atoms with Gasteiger partial charge in [0.15, 0.2) is 11.6 Å². The van der Waals surface area contributed by atoms with Crippen LogP contribution in [0.3, 0.4) is 0 Å². The molecule has 0 aromatic carbocycles. The van der Waals surface area contributed by atoms with Crippen LogP contribution in [0.25, 0.3) is 0 Å². The van der Waals surface area contributed by atoms with Gasteiger partial charge in [-0.1, -0.05) is 26.8 Å². The summed E-state index contributed by atoms with van der Waals surface area (Å²) < 4.78 is 0. The number of rotatable bonds is 2. The summed E-state index contributed by atoms with van der Waals surface area (Å²) in [6.07, 6.45) is 4.39. The van der Waals surface area contributed by atoms with Gasteiger partial charge in [0.2, 0.25) is 0 Å². The van der Waals surface area contributed by atoms with Crippen LogP contribution in [0.2, 0.25) is 0 Å². The smallest absolute Gasteiger partial charge is 0.190 e. The van der Waals surface area contributed by atoms with Gasteiger partial charge < -0.3 is 15.3 Å². The fourth-order valence-electron chi connectivity index (χ4n) is 8.55. The molecule has 2 unspecified atom stereocenters. The lowest BCUT2D eigenvalue weighted by Crippen LogP contribution is -2.68. The molecule has 0 aliphatic heterocycles. The second-order valence-electron chi connectivity index (χ2n) is 9.94. The monoisotopic (exact) mass is 376 g/mol. The Balaban J connectivity index is 0.00000180. The highest BCUT2D eigenvalue weighted by Gasteiger charge is 2.77. The van der Waals surface area contributed by atoms with E-state index in [1.54, 1.807) is 6.08 Å². The first kappa shape index (κ1) is 19.3. The summed E-state index contributed by atoms with van der Waals surface area (Å²) in [4.78, 5) is 25.4. The van der Waals surface area contributed by atoms with Crippen molar-refractivity contribution in [3.05, 3.63) is 11.6 Å². The number of fused-ring (bicyclic) bond motifs is 2. The number of hydrogen-bond donors (Lipinski definition) is 3. The van der Waals surface area contributed by atoms with Crippen LogP contribution in [0, 0.1) is 40.4 Å². The third-order valence-corrected chi connectivity index (χ3v) is 9.47. The first-order valence-electron chi connectivity index (χ1n) is 9.98. The number of carbonyl (C=O) groups excluding carboxylic acids is 2. The van der Waals surface area contributed by atoms with Crippen molar-refractivity contribution in [3.8, 4) is 0 Å². The Morgan fingerprint density at radius 2 is 1.96 bits per heavy atom. The molecule has 3 N–H and O–H groups in total. The summed E-state index contributed by atoms with van der Waals surface area (Å²) in [7, 11) is 0. The molecule has 0 amide bonds. The van der Waals surface area contributed by atoms with E-state index in [0.29, 0.717) is 19.3 Å². The first-order chi connectivity index (χ1) is 12.2. The second-order valence-corrected chi connectivity index (χ2v) is 9.94. The topological polar surface area (TPSA) is 94.8 Å². The predicted molar refractivity (Wildman–Crippen MR) is 99.6 cm³/mol. The summed E-state index contributed by atoms with van der Waals surface area (Å²) in [5.41, 5.74) is -1.64. The Hall–Kier alpha value is -1.04. The molecule has 0 spiro atoms. The fourth-order valence-corrected chi connectivity index (χ4v) is 8.55. The molecular formula is C22H32O5. The SMILES string of the molecule is C.C[C@]12C[C@H](O)[C@H]3[C@H]4CCC5=CC(=O)CC(C(C[C@@H]41)[C@]2(O)C(=O)CO)[C@@]53C. The minimum atomic E-state index is -1.66. The third-order valence-electron chi connectivity index (χ3n) is 9.47. The molecule has 5 heteroatoms. The van der Waals surface area contributed by atoms with E-state index in [0.717, 1.165) is 18.4 Å². The largest absolute Gasteiger partial charge is 0.393 e. The summed E-state index contributed by atoms with van der Waals surface area (Å²) in [5.74, 6) is -0.436. The van der Waals surface area contributed by atoms with Crippen LogP contribution in [0.4, 0.5) is 0 Å². The van der Waals surface area contributed by atoms with Crippen molar-refractivity contribution in [1.82, 2.24) is 0 Å². The van der Waals surface area contributed by atoms with Crippen molar-refractivity contribution in [3.63, 3.8) is 0 Å². The van der Waals surface area contributed by atoms with Gasteiger partial charge >= 0.3 is 0 Å². The molecule has 0 heterocycles. The molecule has 5 aliphatic rings. The van der Waals surface area contributed by atoms with Crippen LogP contribution in [-0.4, -0.2) is 45.2 Å². The minimum absolute atomic E-state index is 0. The maximum atomic E-state index is 12.9. The van der Waals surface area contributed by atoms with E-state index < -0.39 is 29.5 Å². The van der Waals surface area contributed by atoms with E-state index in [1.807, 2.05) is 6.92 Å². The molecule has 4 fully saturated rings. The molecule has 4 saturated carbocycles. The van der Waals surface area contributed by atoms with Crippen molar-refractivity contribution >= 4 is 11.6 Å². The van der Waals surface area contributed by atoms with Gasteiger partial charge in [0, 0.05) is 11.8 Å². The van der Waals surface area contributed by atoms with Gasteiger partial charge in [-0.3, -0.25) is 9.59 Å². The molecule has 0 radical (unpaired) electrons. The normalized spacial score (nSPS) is 54.9. The number of ketones is 2. The Labute approximate surface area is 160 Å². The molecule has 27 heavy (non-hydrogen) atoms. The number of allylic oxidation sites excluding steroid dienone is 1. The van der Waals surface area contributed by atoms with Gasteiger partial charge in [0.1, 0.15) is 12.2 Å². The maximum absolute atomic E-state index is 12.9. The van der Waals surface area contributed by atoms with Gasteiger partial charge in [0.25, 0.3) is 0 Å². The molecular weight excluding hydrogens is 344 g/mol. The zero-order valence-electron chi connectivity index (χ0n) is 15.4. The maximum Gasteiger partial charge on any atom is 0.190 e. The number of carbonyl (C=O) groups is 2. The molecule has 5 bridgehead atoms. The van der Waals surface area contributed by atoms with Crippen LogP contribution < -0.4 is 0 Å². The van der Waals surface area contributed by atoms with Crippen LogP contribution in [-0.2, 0) is 9.59 Å². The van der Waals surface area contributed by atoms with Gasteiger partial charge in [-0.15, -0.1) is 0 Å². The van der Waals surface area contributed by atoms with Crippen LogP contribution in [0.15, 0.2) is 11.6 Å². The van der Waals surface area contributed by atoms with Gasteiger partial charge in [-0.05, 0) is 66.8 Å². The molecule has 5 aliphatic carbocycles. The molecule has 5 rings (SSSR count). The Bertz CT molecular complexity index is 743. The Morgan fingerprint density at radius 3 is 2.63 bits per heavy atom. The minimum Gasteiger partial charge on any atom is -0.393 e. The zero-order valence-corrected chi connectivity index (χ0v) is 15.4. The van der Waals surface area contributed by atoms with Crippen LogP contribution in [0.5, 0.6) is 0 Å². The van der Waals surface area contributed by atoms with E-state index in [4.69, 9.17) is 0 Å². The van der Waals surface area contributed by atoms with Crippen LogP contribution >= 0.6 is 0 Å². The second kappa shape index (κ2) is 5.52. The van der Waals surface area contributed by atoms with Gasteiger partial charge in [-0.25, -0.2) is 0 Å². The zero-order chi connectivity index (χ0) is 18.6. The molecule has 0 aromatic rings. The summed E-state index contributed by atoms with van der Waals surface area (Å²) in [5, 5.41) is 32.7. The lowest BCUT2D eigenvalue weighted by Gasteiger charge is -2.65. The third kappa shape index (κ3) is 1.87. The molecule has 9 atom stereocenters. The number of aliphatic hydroxyl groups is 3.